The second-order valence-electron chi connectivity index (χ2n) is 9.30. The van der Waals surface area contributed by atoms with Gasteiger partial charge >= 0.3 is 6.03 Å². The van der Waals surface area contributed by atoms with Crippen molar-refractivity contribution >= 4 is 52.0 Å². The number of benzene rings is 4. The van der Waals surface area contributed by atoms with Gasteiger partial charge in [-0.25, -0.2) is 9.69 Å². The minimum absolute atomic E-state index is 0.196. The number of rotatable bonds is 5. The van der Waals surface area contributed by atoms with Crippen LogP contribution in [-0.4, -0.2) is 17.8 Å². The number of urea groups is 1. The third kappa shape index (κ3) is 4.78. The zero-order valence-corrected chi connectivity index (χ0v) is 21.9. The molecule has 1 heterocycles. The molecule has 0 spiro atoms. The third-order valence-corrected chi connectivity index (χ3v) is 6.85. The van der Waals surface area contributed by atoms with Crippen LogP contribution in [0.3, 0.4) is 0 Å². The highest BCUT2D eigenvalue weighted by Crippen LogP contribution is 2.31. The number of imide groups is 2. The van der Waals surface area contributed by atoms with Crippen molar-refractivity contribution in [2.24, 2.45) is 0 Å². The summed E-state index contributed by atoms with van der Waals surface area (Å²) in [6.07, 6.45) is 1.41. The van der Waals surface area contributed by atoms with E-state index in [0.29, 0.717) is 22.0 Å². The maximum absolute atomic E-state index is 13.5. The van der Waals surface area contributed by atoms with Crippen LogP contribution in [-0.2, 0) is 16.2 Å². The summed E-state index contributed by atoms with van der Waals surface area (Å²) in [7, 11) is 0. The van der Waals surface area contributed by atoms with Gasteiger partial charge in [-0.2, -0.15) is 0 Å². The zero-order valence-electron chi connectivity index (χ0n) is 21.2. The number of ether oxygens (including phenoxy) is 1. The largest absolute Gasteiger partial charge is 0.488 e. The summed E-state index contributed by atoms with van der Waals surface area (Å²) in [5.41, 5.74) is 4.51. The Bertz CT molecular complexity index is 1660. The number of fused-ring (bicyclic) bond motifs is 1. The number of carbonyl (C=O) groups is 3. The second-order valence-corrected chi connectivity index (χ2v) is 9.74. The lowest BCUT2D eigenvalue weighted by atomic mass is 10.0. The maximum Gasteiger partial charge on any atom is 0.335 e. The zero-order chi connectivity index (χ0) is 27.0. The predicted molar refractivity (Wildman–Crippen MR) is 149 cm³/mol. The smallest absolute Gasteiger partial charge is 0.335 e. The number of nitrogens with one attached hydrogen (secondary N) is 1. The number of hydrogen-bond donors (Lipinski definition) is 1. The molecule has 1 fully saturated rings. The highest BCUT2D eigenvalue weighted by atomic mass is 35.5. The Kier molecular flexibility index (Phi) is 6.74. The van der Waals surface area contributed by atoms with Gasteiger partial charge in [0, 0.05) is 16.1 Å². The molecular weight excluding hydrogens is 500 g/mol. The molecule has 5 rings (SSSR count). The average molecular weight is 525 g/mol. The van der Waals surface area contributed by atoms with E-state index in [9.17, 15) is 14.4 Å². The lowest BCUT2D eigenvalue weighted by Gasteiger charge is -2.27. The van der Waals surface area contributed by atoms with Crippen LogP contribution in [0.2, 0.25) is 5.02 Å². The molecule has 0 bridgehead atoms. The summed E-state index contributed by atoms with van der Waals surface area (Å²) in [4.78, 5) is 39.9. The molecule has 1 aliphatic rings. The fourth-order valence-corrected chi connectivity index (χ4v) is 4.82. The fraction of sp³-hybridized carbons (Fsp3) is 0.129. The van der Waals surface area contributed by atoms with Gasteiger partial charge in [0.1, 0.15) is 17.9 Å². The van der Waals surface area contributed by atoms with Crippen molar-refractivity contribution < 1.29 is 19.1 Å². The van der Waals surface area contributed by atoms with E-state index in [-0.39, 0.29) is 12.2 Å². The molecule has 0 saturated carbocycles. The molecule has 6 nitrogen and oxygen atoms in total. The summed E-state index contributed by atoms with van der Waals surface area (Å²) in [6.45, 7) is 6.03. The van der Waals surface area contributed by atoms with Gasteiger partial charge in [0.25, 0.3) is 11.8 Å². The van der Waals surface area contributed by atoms with Crippen molar-refractivity contribution in [1.82, 2.24) is 5.32 Å². The molecule has 0 unspecified atom stereocenters. The van der Waals surface area contributed by atoms with Crippen molar-refractivity contribution in [3.05, 3.63) is 111 Å². The van der Waals surface area contributed by atoms with E-state index >= 15 is 0 Å². The van der Waals surface area contributed by atoms with Crippen LogP contribution in [0.15, 0.2) is 78.4 Å². The molecule has 4 aromatic carbocycles. The van der Waals surface area contributed by atoms with Crippen LogP contribution < -0.4 is 15.0 Å². The van der Waals surface area contributed by atoms with E-state index in [1.165, 1.54) is 6.08 Å². The first kappa shape index (κ1) is 25.2. The standard InChI is InChI=1S/C31H25ClN2O4/c1-18-8-12-27(20(3)14-18)34-30(36)25(29(35)33-31(34)37)16-22-15-23(32)11-13-28(22)38-17-26-19(2)9-10-21-6-4-5-7-24(21)26/h4-16H,17H2,1-3H3,(H,33,35,37)/b25-16+. The van der Waals surface area contributed by atoms with Gasteiger partial charge < -0.3 is 4.74 Å². The van der Waals surface area contributed by atoms with E-state index < -0.39 is 17.8 Å². The molecule has 1 saturated heterocycles. The molecule has 4 amide bonds. The number of hydrogen-bond acceptors (Lipinski definition) is 4. The van der Waals surface area contributed by atoms with Gasteiger partial charge in [0.2, 0.25) is 0 Å². The second kappa shape index (κ2) is 10.1. The molecule has 0 aliphatic carbocycles. The van der Waals surface area contributed by atoms with E-state index in [2.05, 4.69) is 23.5 Å². The molecule has 1 N–H and O–H groups in total. The minimum Gasteiger partial charge on any atom is -0.488 e. The number of nitrogens with zero attached hydrogens (tertiary/aromatic N) is 1. The number of amides is 4. The van der Waals surface area contributed by atoms with Gasteiger partial charge in [-0.3, -0.25) is 14.9 Å². The monoisotopic (exact) mass is 524 g/mol. The highest BCUT2D eigenvalue weighted by Gasteiger charge is 2.37. The molecule has 4 aromatic rings. The van der Waals surface area contributed by atoms with E-state index in [1.54, 1.807) is 37.3 Å². The minimum atomic E-state index is -0.793. The molecule has 38 heavy (non-hydrogen) atoms. The van der Waals surface area contributed by atoms with Crippen molar-refractivity contribution in [1.29, 1.82) is 0 Å². The van der Waals surface area contributed by atoms with Crippen LogP contribution >= 0.6 is 11.6 Å². The summed E-state index contributed by atoms with van der Waals surface area (Å²) in [5.74, 6) is -1.05. The Labute approximate surface area is 225 Å². The molecule has 1 aliphatic heterocycles. The number of anilines is 1. The Morgan fingerprint density at radius 1 is 0.895 bits per heavy atom. The first-order chi connectivity index (χ1) is 18.2. The lowest BCUT2D eigenvalue weighted by Crippen LogP contribution is -2.54. The van der Waals surface area contributed by atoms with E-state index in [1.807, 2.05) is 38.1 Å². The fourth-order valence-electron chi connectivity index (χ4n) is 4.64. The average Bonchev–Trinajstić information content (AvgIpc) is 2.88. The first-order valence-corrected chi connectivity index (χ1v) is 12.5. The lowest BCUT2D eigenvalue weighted by molar-refractivity contribution is -0.122. The SMILES string of the molecule is Cc1ccc(N2C(=O)NC(=O)/C(=C\c3cc(Cl)ccc3OCc3c(C)ccc4ccccc34)C2=O)c(C)c1. The summed E-state index contributed by atoms with van der Waals surface area (Å²) < 4.78 is 6.22. The van der Waals surface area contributed by atoms with Crippen LogP contribution in [0.4, 0.5) is 10.5 Å². The topological polar surface area (TPSA) is 75.7 Å². The Balaban J connectivity index is 1.51. The van der Waals surface area contributed by atoms with Crippen LogP contribution in [0.25, 0.3) is 16.8 Å². The van der Waals surface area contributed by atoms with Crippen molar-refractivity contribution in [3.63, 3.8) is 0 Å². The van der Waals surface area contributed by atoms with Gasteiger partial charge in [0.15, 0.2) is 0 Å². The molecule has 0 atom stereocenters. The van der Waals surface area contributed by atoms with Gasteiger partial charge in [0.05, 0.1) is 5.69 Å². The molecule has 0 aromatic heterocycles. The van der Waals surface area contributed by atoms with Gasteiger partial charge in [-0.1, -0.05) is 65.7 Å². The number of halogens is 1. The molecule has 7 heteroatoms. The van der Waals surface area contributed by atoms with E-state index in [4.69, 9.17) is 16.3 Å². The Morgan fingerprint density at radius 3 is 2.47 bits per heavy atom. The van der Waals surface area contributed by atoms with Crippen molar-refractivity contribution in [2.45, 2.75) is 27.4 Å². The maximum atomic E-state index is 13.5. The number of barbiturate groups is 1. The number of carbonyl (C=O) groups excluding carboxylic acids is 3. The highest BCUT2D eigenvalue weighted by molar-refractivity contribution is 6.39. The third-order valence-electron chi connectivity index (χ3n) is 6.61. The molecule has 0 radical (unpaired) electrons. The van der Waals surface area contributed by atoms with Crippen LogP contribution in [0, 0.1) is 20.8 Å². The molecular formula is C31H25ClN2O4. The molecule has 190 valence electrons. The summed E-state index contributed by atoms with van der Waals surface area (Å²) >= 11 is 6.28. The van der Waals surface area contributed by atoms with Crippen LogP contribution in [0.1, 0.15) is 27.8 Å². The summed E-state index contributed by atoms with van der Waals surface area (Å²) in [5, 5.41) is 4.88. The first-order valence-electron chi connectivity index (χ1n) is 12.1. The Hall–Kier alpha value is -4.42. The number of aryl methyl sites for hydroxylation is 3. The van der Waals surface area contributed by atoms with Crippen molar-refractivity contribution in [3.8, 4) is 5.75 Å². The normalized spacial score (nSPS) is 14.8. The Morgan fingerprint density at radius 2 is 1.68 bits per heavy atom. The van der Waals surface area contributed by atoms with Gasteiger partial charge in [-0.05, 0) is 73.0 Å². The van der Waals surface area contributed by atoms with E-state index in [0.717, 1.165) is 37.9 Å². The quantitative estimate of drug-likeness (QED) is 0.234. The van der Waals surface area contributed by atoms with Gasteiger partial charge in [-0.15, -0.1) is 0 Å². The van der Waals surface area contributed by atoms with Crippen molar-refractivity contribution in [2.75, 3.05) is 4.90 Å². The predicted octanol–water partition coefficient (Wildman–Crippen LogP) is 6.66. The van der Waals surface area contributed by atoms with Crippen LogP contribution in [0.5, 0.6) is 5.75 Å². The summed E-state index contributed by atoms with van der Waals surface area (Å²) in [6, 6.07) is 21.8.